The highest BCUT2D eigenvalue weighted by Crippen LogP contribution is 2.50. The van der Waals surface area contributed by atoms with Crippen LogP contribution in [0.25, 0.3) is 0 Å². The highest BCUT2D eigenvalue weighted by Gasteiger charge is 2.42. The second-order valence-electron chi connectivity index (χ2n) is 11.2. The van der Waals surface area contributed by atoms with Crippen LogP contribution in [0, 0.1) is 5.41 Å². The normalized spacial score (nSPS) is 17.8. The first-order valence-electron chi connectivity index (χ1n) is 13.7. The van der Waals surface area contributed by atoms with Gasteiger partial charge in [-0.2, -0.15) is 0 Å². The number of ketones is 1. The minimum Gasteiger partial charge on any atom is -0.497 e. The molecule has 1 unspecified atom stereocenters. The van der Waals surface area contributed by atoms with Crippen molar-refractivity contribution in [3.8, 4) is 11.5 Å². The van der Waals surface area contributed by atoms with Crippen molar-refractivity contribution in [1.82, 2.24) is 5.32 Å². The van der Waals surface area contributed by atoms with Crippen molar-refractivity contribution in [3.63, 3.8) is 0 Å². The third-order valence-electron chi connectivity index (χ3n) is 7.63. The van der Waals surface area contributed by atoms with Crippen molar-refractivity contribution >= 4 is 23.1 Å². The zero-order valence-corrected chi connectivity index (χ0v) is 23.6. The number of methoxy groups -OCH3 is 2. The van der Waals surface area contributed by atoms with Crippen LogP contribution in [-0.2, 0) is 16.0 Å². The second kappa shape index (κ2) is 11.5. The number of hydrogen-bond acceptors (Lipinski definition) is 6. The quantitative estimate of drug-likeness (QED) is 0.384. The molecule has 1 aliphatic heterocycles. The van der Waals surface area contributed by atoms with E-state index < -0.39 is 6.04 Å². The molecule has 0 aromatic heterocycles. The Hall–Kier alpha value is -4.26. The summed E-state index contributed by atoms with van der Waals surface area (Å²) in [7, 11) is 3.24. The van der Waals surface area contributed by atoms with Crippen LogP contribution in [0.3, 0.4) is 0 Å². The van der Waals surface area contributed by atoms with E-state index in [0.717, 1.165) is 34.6 Å². The number of benzene rings is 3. The Morgan fingerprint density at radius 3 is 2.50 bits per heavy atom. The van der Waals surface area contributed by atoms with Crippen LogP contribution in [0.2, 0.25) is 0 Å². The van der Waals surface area contributed by atoms with Crippen LogP contribution in [0.15, 0.2) is 84.1 Å². The summed E-state index contributed by atoms with van der Waals surface area (Å²) in [5, 5.41) is 6.69. The lowest BCUT2D eigenvalue weighted by Gasteiger charge is -2.38. The molecular formula is C33H37N3O4. The zero-order valence-electron chi connectivity index (χ0n) is 23.6. The van der Waals surface area contributed by atoms with Gasteiger partial charge in [0.15, 0.2) is 5.78 Å². The van der Waals surface area contributed by atoms with E-state index in [1.807, 2.05) is 65.6 Å². The molecule has 3 aromatic carbocycles. The summed E-state index contributed by atoms with van der Waals surface area (Å²) in [6, 6.07) is 23.0. The van der Waals surface area contributed by atoms with Gasteiger partial charge in [0, 0.05) is 29.8 Å². The van der Waals surface area contributed by atoms with Crippen molar-refractivity contribution in [2.45, 2.75) is 39.2 Å². The van der Waals surface area contributed by atoms with Crippen LogP contribution in [0.5, 0.6) is 11.5 Å². The SMILES string of the molecule is COc1ccc(OC)c(C2C3=C(CC(C)(C)CC3=O)Nc3ccccc3N2CC(=O)NCCc2ccccc2)c1. The lowest BCUT2D eigenvalue weighted by molar-refractivity contribution is -0.120. The Morgan fingerprint density at radius 1 is 1.00 bits per heavy atom. The van der Waals surface area contributed by atoms with Gasteiger partial charge in [-0.25, -0.2) is 0 Å². The number of anilines is 2. The van der Waals surface area contributed by atoms with Gasteiger partial charge >= 0.3 is 0 Å². The van der Waals surface area contributed by atoms with E-state index >= 15 is 0 Å². The molecule has 5 rings (SSSR count). The Bertz CT molecular complexity index is 1430. The molecular weight excluding hydrogens is 502 g/mol. The Morgan fingerprint density at radius 2 is 1.75 bits per heavy atom. The van der Waals surface area contributed by atoms with Crippen LogP contribution in [-0.4, -0.2) is 39.0 Å². The molecule has 0 fully saturated rings. The maximum Gasteiger partial charge on any atom is 0.239 e. The third-order valence-corrected chi connectivity index (χ3v) is 7.63. The second-order valence-corrected chi connectivity index (χ2v) is 11.2. The van der Waals surface area contributed by atoms with E-state index in [1.54, 1.807) is 14.2 Å². The van der Waals surface area contributed by atoms with E-state index in [4.69, 9.17) is 9.47 Å². The number of rotatable bonds is 8. The number of allylic oxidation sites excluding steroid dienone is 1. The van der Waals surface area contributed by atoms with E-state index in [0.29, 0.717) is 36.5 Å². The van der Waals surface area contributed by atoms with Gasteiger partial charge in [-0.15, -0.1) is 0 Å². The molecule has 7 heteroatoms. The zero-order chi connectivity index (χ0) is 28.3. The number of hydrogen-bond donors (Lipinski definition) is 2. The fourth-order valence-electron chi connectivity index (χ4n) is 5.81. The summed E-state index contributed by atoms with van der Waals surface area (Å²) in [4.78, 5) is 29.5. The lowest BCUT2D eigenvalue weighted by Crippen LogP contribution is -2.42. The monoisotopic (exact) mass is 539 g/mol. The van der Waals surface area contributed by atoms with Crippen molar-refractivity contribution in [1.29, 1.82) is 0 Å². The minimum absolute atomic E-state index is 0.0615. The maximum absolute atomic E-state index is 13.9. The van der Waals surface area contributed by atoms with Crippen LogP contribution in [0.1, 0.15) is 43.9 Å². The molecule has 0 spiro atoms. The van der Waals surface area contributed by atoms with Crippen LogP contribution < -0.4 is 25.0 Å². The summed E-state index contributed by atoms with van der Waals surface area (Å²) in [5.74, 6) is 1.23. The molecule has 0 saturated carbocycles. The number of carbonyl (C=O) groups is 2. The molecule has 2 aliphatic rings. The predicted molar refractivity (Wildman–Crippen MR) is 158 cm³/mol. The first kappa shape index (κ1) is 27.3. The van der Waals surface area contributed by atoms with Crippen molar-refractivity contribution < 1.29 is 19.1 Å². The number of nitrogens with one attached hydrogen (secondary N) is 2. The molecule has 40 heavy (non-hydrogen) atoms. The highest BCUT2D eigenvalue weighted by molar-refractivity contribution is 6.02. The van der Waals surface area contributed by atoms with Gasteiger partial charge in [0.2, 0.25) is 5.91 Å². The van der Waals surface area contributed by atoms with Gasteiger partial charge in [-0.05, 0) is 54.2 Å². The Labute approximate surface area is 236 Å². The van der Waals surface area contributed by atoms with E-state index in [9.17, 15) is 9.59 Å². The van der Waals surface area contributed by atoms with Crippen LogP contribution in [0.4, 0.5) is 11.4 Å². The van der Waals surface area contributed by atoms with Crippen molar-refractivity contribution in [2.75, 3.05) is 37.5 Å². The summed E-state index contributed by atoms with van der Waals surface area (Å²) < 4.78 is 11.4. The van der Waals surface area contributed by atoms with E-state index in [1.165, 1.54) is 0 Å². The summed E-state index contributed by atoms with van der Waals surface area (Å²) in [6.07, 6.45) is 1.87. The first-order chi connectivity index (χ1) is 19.3. The van der Waals surface area contributed by atoms with E-state index in [2.05, 4.69) is 36.6 Å². The van der Waals surface area contributed by atoms with Gasteiger partial charge in [0.1, 0.15) is 11.5 Å². The summed E-state index contributed by atoms with van der Waals surface area (Å²) >= 11 is 0. The lowest BCUT2D eigenvalue weighted by atomic mass is 9.73. The van der Waals surface area contributed by atoms with Crippen LogP contribution >= 0.6 is 0 Å². The molecule has 1 amide bonds. The fraction of sp³-hybridized carbons (Fsp3) is 0.333. The van der Waals surface area contributed by atoms with Gasteiger partial charge in [-0.1, -0.05) is 56.3 Å². The molecule has 0 saturated heterocycles. The topological polar surface area (TPSA) is 79.9 Å². The Kier molecular flexibility index (Phi) is 7.83. The molecule has 2 N–H and O–H groups in total. The molecule has 0 radical (unpaired) electrons. The smallest absolute Gasteiger partial charge is 0.239 e. The maximum atomic E-state index is 13.9. The fourth-order valence-corrected chi connectivity index (χ4v) is 5.81. The molecule has 0 bridgehead atoms. The van der Waals surface area contributed by atoms with Gasteiger partial charge in [-0.3, -0.25) is 9.59 Å². The Balaban J connectivity index is 1.59. The largest absolute Gasteiger partial charge is 0.497 e. The molecule has 208 valence electrons. The summed E-state index contributed by atoms with van der Waals surface area (Å²) in [5.41, 5.74) is 5.01. The average molecular weight is 540 g/mol. The first-order valence-corrected chi connectivity index (χ1v) is 13.7. The number of nitrogens with zero attached hydrogens (tertiary/aromatic N) is 1. The molecule has 1 atom stereocenters. The van der Waals surface area contributed by atoms with Crippen molar-refractivity contribution in [3.05, 3.63) is 95.2 Å². The number of para-hydroxylation sites is 2. The van der Waals surface area contributed by atoms with Crippen molar-refractivity contribution in [2.24, 2.45) is 5.41 Å². The number of ether oxygens (including phenoxy) is 2. The number of Topliss-reactive ketones (excluding diaryl/α,β-unsaturated/α-hetero) is 1. The number of carbonyl (C=O) groups excluding carboxylic acids is 2. The number of fused-ring (bicyclic) bond motifs is 1. The van der Waals surface area contributed by atoms with Gasteiger partial charge < -0.3 is 25.0 Å². The standard InChI is InChI=1S/C33H37N3O4/c1-33(2)19-26-31(28(37)20-33)32(24-18-23(39-3)14-15-29(24)40-4)36(27-13-9-8-12-25(27)35-26)21-30(38)34-17-16-22-10-6-5-7-11-22/h5-15,18,32,35H,16-17,19-21H2,1-4H3,(H,34,38). The molecule has 3 aromatic rings. The highest BCUT2D eigenvalue weighted by atomic mass is 16.5. The van der Waals surface area contributed by atoms with Gasteiger partial charge in [0.25, 0.3) is 0 Å². The molecule has 1 heterocycles. The molecule has 7 nitrogen and oxygen atoms in total. The predicted octanol–water partition coefficient (Wildman–Crippen LogP) is 5.68. The molecule has 1 aliphatic carbocycles. The van der Waals surface area contributed by atoms with E-state index in [-0.39, 0.29) is 23.7 Å². The number of amides is 1. The average Bonchev–Trinajstić information content (AvgIpc) is 3.07. The van der Waals surface area contributed by atoms with Gasteiger partial charge in [0.05, 0.1) is 38.2 Å². The third kappa shape index (κ3) is 5.69. The summed E-state index contributed by atoms with van der Waals surface area (Å²) in [6.45, 7) is 4.81. The minimum atomic E-state index is -0.556.